The minimum absolute atomic E-state index is 0.704. The molecule has 0 bridgehead atoms. The van der Waals surface area contributed by atoms with Crippen LogP contribution in [0.5, 0.6) is 5.75 Å². The fourth-order valence-electron chi connectivity index (χ4n) is 2.47. The number of benzene rings is 2. The van der Waals surface area contributed by atoms with Crippen LogP contribution in [0.3, 0.4) is 0 Å². The minimum atomic E-state index is -0.765. The van der Waals surface area contributed by atoms with E-state index in [1.165, 1.54) is 22.3 Å². The molecule has 98 valence electrons. The normalized spacial score (nSPS) is 10.7. The van der Waals surface area contributed by atoms with Crippen LogP contribution in [-0.2, 0) is 11.0 Å². The Labute approximate surface area is 115 Å². The first kappa shape index (κ1) is 13.8. The Kier molecular flexibility index (Phi) is 4.34. The second-order valence-corrected chi connectivity index (χ2v) is 5.22. The van der Waals surface area contributed by atoms with Gasteiger partial charge in [0.25, 0.3) is 0 Å². The van der Waals surface area contributed by atoms with E-state index in [2.05, 4.69) is 32.9 Å². The van der Waals surface area contributed by atoms with Crippen molar-refractivity contribution in [1.29, 1.82) is 0 Å². The molecule has 0 aliphatic rings. The zero-order valence-corrected chi connectivity index (χ0v) is 12.5. The van der Waals surface area contributed by atoms with Crippen LogP contribution in [0, 0.1) is 20.8 Å². The average Bonchev–Trinajstić information content (AvgIpc) is 2.36. The van der Waals surface area contributed by atoms with Gasteiger partial charge in [0.2, 0.25) is 0 Å². The van der Waals surface area contributed by atoms with Crippen molar-refractivity contribution in [2.24, 2.45) is 0 Å². The summed E-state index contributed by atoms with van der Waals surface area (Å²) in [5, 5.41) is 0. The first-order chi connectivity index (χ1) is 9.11. The number of hydrogen-bond acceptors (Lipinski definition) is 2. The van der Waals surface area contributed by atoms with Crippen molar-refractivity contribution in [3.05, 3.63) is 64.2 Å². The van der Waals surface area contributed by atoms with Crippen molar-refractivity contribution >= 4 is 8.69 Å². The van der Waals surface area contributed by atoms with Crippen LogP contribution < -0.4 is 4.52 Å². The monoisotopic (exact) mass is 273 g/mol. The van der Waals surface area contributed by atoms with Gasteiger partial charge in [-0.25, -0.2) is 0 Å². The lowest BCUT2D eigenvalue weighted by atomic mass is 9.94. The highest BCUT2D eigenvalue weighted by atomic mass is 31.1. The smallest absolute Gasteiger partial charge is 0.256 e. The van der Waals surface area contributed by atoms with E-state index in [9.17, 15) is 4.57 Å². The van der Waals surface area contributed by atoms with Crippen LogP contribution in [0.1, 0.15) is 27.8 Å². The van der Waals surface area contributed by atoms with Crippen LogP contribution in [0.25, 0.3) is 0 Å². The molecule has 2 nitrogen and oxygen atoms in total. The molecule has 2 rings (SSSR count). The van der Waals surface area contributed by atoms with E-state index in [1.54, 1.807) is 0 Å². The molecule has 0 aliphatic carbocycles. The Morgan fingerprint density at radius 1 is 1.05 bits per heavy atom. The third-order valence-electron chi connectivity index (χ3n) is 3.33. The molecule has 0 spiro atoms. The topological polar surface area (TPSA) is 26.3 Å². The molecule has 1 unspecified atom stereocenters. The Morgan fingerprint density at radius 3 is 2.32 bits per heavy atom. The van der Waals surface area contributed by atoms with Gasteiger partial charge in [0.15, 0.2) is 5.75 Å². The highest BCUT2D eigenvalue weighted by molar-refractivity contribution is 7.17. The fourth-order valence-corrected chi connectivity index (χ4v) is 2.76. The molecule has 0 aromatic heterocycles. The van der Waals surface area contributed by atoms with Gasteiger partial charge < -0.3 is 0 Å². The van der Waals surface area contributed by atoms with Gasteiger partial charge in [-0.05, 0) is 48.1 Å². The standard InChI is InChI=1S/C16H18O2P/c1-11-8-12(2)15(13(3)9-11)10-14-6-4-5-7-16(14)18-19-17/h4-9,19H,10H2,1-3H3/q+1. The summed E-state index contributed by atoms with van der Waals surface area (Å²) in [6.07, 6.45) is 0.804. The molecule has 0 N–H and O–H groups in total. The minimum Gasteiger partial charge on any atom is -0.256 e. The highest BCUT2D eigenvalue weighted by Gasteiger charge is 2.11. The quantitative estimate of drug-likeness (QED) is 0.765. The first-order valence-electron chi connectivity index (χ1n) is 6.30. The molecule has 0 saturated heterocycles. The van der Waals surface area contributed by atoms with Crippen LogP contribution >= 0.6 is 8.69 Å². The molecular formula is C16H18O2P+. The van der Waals surface area contributed by atoms with Crippen molar-refractivity contribution in [2.75, 3.05) is 0 Å². The van der Waals surface area contributed by atoms with Crippen molar-refractivity contribution in [1.82, 2.24) is 0 Å². The number of para-hydroxylation sites is 1. The number of aryl methyl sites for hydroxylation is 3. The van der Waals surface area contributed by atoms with Gasteiger partial charge in [-0.15, -0.1) is 0 Å². The summed E-state index contributed by atoms with van der Waals surface area (Å²) >= 11 is 0. The summed E-state index contributed by atoms with van der Waals surface area (Å²) < 4.78 is 15.9. The zero-order chi connectivity index (χ0) is 13.8. The Hall–Kier alpha value is -1.66. The average molecular weight is 273 g/mol. The van der Waals surface area contributed by atoms with Crippen LogP contribution in [-0.4, -0.2) is 0 Å². The van der Waals surface area contributed by atoms with E-state index in [0.717, 1.165) is 12.0 Å². The lowest BCUT2D eigenvalue weighted by molar-refractivity contribution is 0.522. The zero-order valence-electron chi connectivity index (χ0n) is 11.5. The van der Waals surface area contributed by atoms with Gasteiger partial charge in [-0.1, -0.05) is 35.9 Å². The Morgan fingerprint density at radius 2 is 1.68 bits per heavy atom. The maximum absolute atomic E-state index is 10.7. The SMILES string of the molecule is Cc1cc(C)c(Cc2ccccc2O[PH+]=O)c(C)c1. The maximum atomic E-state index is 10.7. The van der Waals surface area contributed by atoms with Gasteiger partial charge in [-0.3, -0.25) is 4.52 Å². The van der Waals surface area contributed by atoms with Crippen molar-refractivity contribution in [2.45, 2.75) is 27.2 Å². The van der Waals surface area contributed by atoms with E-state index in [0.29, 0.717) is 5.75 Å². The second kappa shape index (κ2) is 5.99. The highest BCUT2D eigenvalue weighted by Crippen LogP contribution is 2.27. The van der Waals surface area contributed by atoms with E-state index in [-0.39, 0.29) is 0 Å². The molecule has 2 aromatic rings. The van der Waals surface area contributed by atoms with E-state index >= 15 is 0 Å². The summed E-state index contributed by atoms with van der Waals surface area (Å²) in [5.74, 6) is 0.704. The maximum Gasteiger partial charge on any atom is 0.542 e. The summed E-state index contributed by atoms with van der Waals surface area (Å²) in [6, 6.07) is 12.2. The molecule has 0 radical (unpaired) electrons. The Balaban J connectivity index is 2.39. The summed E-state index contributed by atoms with van der Waals surface area (Å²) in [6.45, 7) is 6.38. The molecule has 0 amide bonds. The van der Waals surface area contributed by atoms with Gasteiger partial charge in [0, 0.05) is 12.0 Å². The lowest BCUT2D eigenvalue weighted by Gasteiger charge is -2.12. The fraction of sp³-hybridized carbons (Fsp3) is 0.250. The summed E-state index contributed by atoms with van der Waals surface area (Å²) in [7, 11) is -0.765. The van der Waals surface area contributed by atoms with Crippen LogP contribution in [0.2, 0.25) is 0 Å². The molecule has 0 aliphatic heterocycles. The van der Waals surface area contributed by atoms with Crippen LogP contribution in [0.4, 0.5) is 0 Å². The molecule has 3 heteroatoms. The largest absolute Gasteiger partial charge is 0.542 e. The van der Waals surface area contributed by atoms with Crippen molar-refractivity contribution < 1.29 is 9.09 Å². The predicted octanol–water partition coefficient (Wildman–Crippen LogP) is 4.52. The van der Waals surface area contributed by atoms with E-state index in [1.807, 2.05) is 24.3 Å². The van der Waals surface area contributed by atoms with Gasteiger partial charge in [0.1, 0.15) is 0 Å². The molecular weight excluding hydrogens is 255 g/mol. The molecule has 0 heterocycles. The third kappa shape index (κ3) is 3.21. The third-order valence-corrected chi connectivity index (χ3v) is 3.64. The molecule has 2 aromatic carbocycles. The number of rotatable bonds is 4. The van der Waals surface area contributed by atoms with Crippen LogP contribution in [0.15, 0.2) is 36.4 Å². The first-order valence-corrected chi connectivity index (χ1v) is 7.12. The Bertz CT molecular complexity index is 582. The number of hydrogen-bond donors (Lipinski definition) is 0. The molecule has 0 saturated carbocycles. The molecule has 19 heavy (non-hydrogen) atoms. The molecule has 0 fully saturated rings. The van der Waals surface area contributed by atoms with Gasteiger partial charge in [-0.2, -0.15) is 0 Å². The molecule has 1 atom stereocenters. The predicted molar refractivity (Wildman–Crippen MR) is 79.5 cm³/mol. The summed E-state index contributed by atoms with van der Waals surface area (Å²) in [4.78, 5) is 0. The van der Waals surface area contributed by atoms with Gasteiger partial charge >= 0.3 is 8.69 Å². The van der Waals surface area contributed by atoms with E-state index in [4.69, 9.17) is 4.52 Å². The summed E-state index contributed by atoms with van der Waals surface area (Å²) in [5.41, 5.74) is 6.25. The van der Waals surface area contributed by atoms with Crippen molar-refractivity contribution in [3.63, 3.8) is 0 Å². The lowest BCUT2D eigenvalue weighted by Crippen LogP contribution is -1.98. The van der Waals surface area contributed by atoms with E-state index < -0.39 is 8.69 Å². The van der Waals surface area contributed by atoms with Crippen molar-refractivity contribution in [3.8, 4) is 5.75 Å². The second-order valence-electron chi connectivity index (χ2n) is 4.85. The van der Waals surface area contributed by atoms with Gasteiger partial charge in [0.05, 0.1) is 0 Å².